The van der Waals surface area contributed by atoms with Crippen LogP contribution >= 0.6 is 0 Å². The van der Waals surface area contributed by atoms with Gasteiger partial charge in [0.1, 0.15) is 5.75 Å². The Labute approximate surface area is 121 Å². The van der Waals surface area contributed by atoms with E-state index < -0.39 is 0 Å². The number of rotatable bonds is 4. The fourth-order valence-corrected chi connectivity index (χ4v) is 1.96. The number of nitrogen functional groups attached to an aromatic ring is 1. The van der Waals surface area contributed by atoms with Crippen molar-refractivity contribution in [3.8, 4) is 5.75 Å². The number of amides is 1. The highest BCUT2D eigenvalue weighted by Crippen LogP contribution is 2.26. The van der Waals surface area contributed by atoms with E-state index in [0.29, 0.717) is 23.6 Å². The van der Waals surface area contributed by atoms with Crippen molar-refractivity contribution < 1.29 is 9.53 Å². The van der Waals surface area contributed by atoms with E-state index >= 15 is 0 Å². The van der Waals surface area contributed by atoms with Crippen LogP contribution in [-0.4, -0.2) is 30.5 Å². The number of ether oxygens (including phenoxy) is 1. The first-order valence-corrected chi connectivity index (χ1v) is 6.97. The lowest BCUT2D eigenvalue weighted by Gasteiger charge is -2.35. The molecule has 0 aliphatic rings. The van der Waals surface area contributed by atoms with Crippen LogP contribution in [0, 0.1) is 5.41 Å². The number of carbonyl (C=O) groups is 1. The summed E-state index contributed by atoms with van der Waals surface area (Å²) >= 11 is 0. The minimum atomic E-state index is -0.0410. The maximum Gasteiger partial charge on any atom is 0.254 e. The molecule has 4 heteroatoms. The van der Waals surface area contributed by atoms with Crippen LogP contribution in [-0.2, 0) is 0 Å². The molecule has 0 aliphatic heterocycles. The minimum Gasteiger partial charge on any atom is -0.494 e. The molecule has 4 nitrogen and oxygen atoms in total. The summed E-state index contributed by atoms with van der Waals surface area (Å²) in [6, 6.07) is 5.28. The van der Waals surface area contributed by atoms with Crippen molar-refractivity contribution in [3.05, 3.63) is 23.8 Å². The first kappa shape index (κ1) is 16.3. The monoisotopic (exact) mass is 278 g/mol. The first-order valence-electron chi connectivity index (χ1n) is 6.97. The average molecular weight is 278 g/mol. The maximum absolute atomic E-state index is 12.6. The Morgan fingerprint density at radius 1 is 1.35 bits per heavy atom. The summed E-state index contributed by atoms with van der Waals surface area (Å²) in [7, 11) is 1.82. The standard InChI is InChI=1S/C16H26N2O2/c1-7-20-14-9-12(8-13(17)10-14)15(19)18(6)11(2)16(3,4)5/h8-11H,7,17H2,1-6H3. The summed E-state index contributed by atoms with van der Waals surface area (Å²) in [4.78, 5) is 14.3. The fraction of sp³-hybridized carbons (Fsp3) is 0.562. The van der Waals surface area contributed by atoms with Crippen LogP contribution in [0.5, 0.6) is 5.75 Å². The number of nitrogens with two attached hydrogens (primary N) is 1. The molecule has 112 valence electrons. The number of hydrogen-bond donors (Lipinski definition) is 1. The Morgan fingerprint density at radius 2 is 1.95 bits per heavy atom. The molecular formula is C16H26N2O2. The third-order valence-corrected chi connectivity index (χ3v) is 3.64. The zero-order valence-corrected chi connectivity index (χ0v) is 13.4. The van der Waals surface area contributed by atoms with Crippen LogP contribution in [0.2, 0.25) is 0 Å². The first-order chi connectivity index (χ1) is 9.16. The Kier molecular flexibility index (Phi) is 5.03. The lowest BCUT2D eigenvalue weighted by molar-refractivity contribution is 0.0629. The second-order valence-corrected chi connectivity index (χ2v) is 6.18. The molecule has 20 heavy (non-hydrogen) atoms. The Hall–Kier alpha value is -1.71. The number of hydrogen-bond acceptors (Lipinski definition) is 3. The quantitative estimate of drug-likeness (QED) is 0.861. The second-order valence-electron chi connectivity index (χ2n) is 6.18. The molecular weight excluding hydrogens is 252 g/mol. The van der Waals surface area contributed by atoms with Crippen molar-refractivity contribution in [2.24, 2.45) is 5.41 Å². The zero-order valence-electron chi connectivity index (χ0n) is 13.4. The predicted molar refractivity (Wildman–Crippen MR) is 83.0 cm³/mol. The van der Waals surface area contributed by atoms with Gasteiger partial charge in [0.2, 0.25) is 0 Å². The van der Waals surface area contributed by atoms with E-state index in [1.165, 1.54) is 0 Å². The molecule has 1 atom stereocenters. The molecule has 1 aromatic carbocycles. The highest BCUT2D eigenvalue weighted by molar-refractivity contribution is 5.95. The Bertz CT molecular complexity index is 478. The van der Waals surface area contributed by atoms with Gasteiger partial charge in [0.15, 0.2) is 0 Å². The third kappa shape index (κ3) is 3.89. The molecule has 0 radical (unpaired) electrons. The topological polar surface area (TPSA) is 55.6 Å². The van der Waals surface area contributed by atoms with Crippen molar-refractivity contribution in [1.29, 1.82) is 0 Å². The molecule has 0 heterocycles. The van der Waals surface area contributed by atoms with Crippen molar-refractivity contribution in [2.75, 3.05) is 19.4 Å². The van der Waals surface area contributed by atoms with E-state index in [0.717, 1.165) is 0 Å². The minimum absolute atomic E-state index is 0.0213. The molecule has 0 saturated heterocycles. The molecule has 0 bridgehead atoms. The maximum atomic E-state index is 12.6. The smallest absolute Gasteiger partial charge is 0.254 e. The second kappa shape index (κ2) is 6.16. The third-order valence-electron chi connectivity index (χ3n) is 3.64. The van der Waals surface area contributed by atoms with Gasteiger partial charge in [0.05, 0.1) is 6.61 Å². The molecule has 1 amide bonds. The van der Waals surface area contributed by atoms with Crippen LogP contribution in [0.25, 0.3) is 0 Å². The molecule has 0 aromatic heterocycles. The number of carbonyl (C=O) groups excluding carboxylic acids is 1. The van der Waals surface area contributed by atoms with Gasteiger partial charge in [0, 0.05) is 30.4 Å². The Morgan fingerprint density at radius 3 is 2.45 bits per heavy atom. The van der Waals surface area contributed by atoms with E-state index in [-0.39, 0.29) is 17.4 Å². The summed E-state index contributed by atoms with van der Waals surface area (Å²) in [5, 5.41) is 0. The molecule has 0 spiro atoms. The van der Waals surface area contributed by atoms with Crippen LogP contribution < -0.4 is 10.5 Å². The van der Waals surface area contributed by atoms with E-state index in [1.807, 2.05) is 20.9 Å². The Balaban J connectivity index is 3.02. The lowest BCUT2D eigenvalue weighted by Crippen LogP contribution is -2.43. The normalized spacial score (nSPS) is 12.9. The zero-order chi connectivity index (χ0) is 15.5. The summed E-state index contributed by atoms with van der Waals surface area (Å²) in [6.45, 7) is 10.8. The largest absolute Gasteiger partial charge is 0.494 e. The van der Waals surface area contributed by atoms with Gasteiger partial charge in [0.25, 0.3) is 5.91 Å². The summed E-state index contributed by atoms with van der Waals surface area (Å²) in [5.74, 6) is 0.591. The highest BCUT2D eigenvalue weighted by Gasteiger charge is 2.27. The molecule has 2 N–H and O–H groups in total. The molecule has 1 unspecified atom stereocenters. The van der Waals surface area contributed by atoms with Crippen LogP contribution in [0.4, 0.5) is 5.69 Å². The fourth-order valence-electron chi connectivity index (χ4n) is 1.96. The SMILES string of the molecule is CCOc1cc(N)cc(C(=O)N(C)C(C)C(C)(C)C)c1. The number of benzene rings is 1. The molecule has 0 fully saturated rings. The van der Waals surface area contributed by atoms with Gasteiger partial charge in [-0.15, -0.1) is 0 Å². The van der Waals surface area contributed by atoms with Gasteiger partial charge < -0.3 is 15.4 Å². The lowest BCUT2D eigenvalue weighted by atomic mass is 9.87. The van der Waals surface area contributed by atoms with Gasteiger partial charge in [-0.25, -0.2) is 0 Å². The van der Waals surface area contributed by atoms with Crippen molar-refractivity contribution in [3.63, 3.8) is 0 Å². The van der Waals surface area contributed by atoms with Crippen molar-refractivity contribution >= 4 is 11.6 Å². The van der Waals surface area contributed by atoms with Crippen LogP contribution in [0.1, 0.15) is 45.0 Å². The molecule has 0 saturated carbocycles. The number of nitrogens with zero attached hydrogens (tertiary/aromatic N) is 1. The predicted octanol–water partition coefficient (Wildman–Crippen LogP) is 3.17. The number of anilines is 1. The van der Waals surface area contributed by atoms with Crippen LogP contribution in [0.15, 0.2) is 18.2 Å². The summed E-state index contributed by atoms with van der Waals surface area (Å²) in [5.41, 5.74) is 6.96. The molecule has 1 rings (SSSR count). The summed E-state index contributed by atoms with van der Waals surface area (Å²) in [6.07, 6.45) is 0. The van der Waals surface area contributed by atoms with E-state index in [9.17, 15) is 4.79 Å². The van der Waals surface area contributed by atoms with Crippen molar-refractivity contribution in [2.45, 2.75) is 40.7 Å². The van der Waals surface area contributed by atoms with Gasteiger partial charge in [-0.3, -0.25) is 4.79 Å². The molecule has 1 aromatic rings. The van der Waals surface area contributed by atoms with Crippen LogP contribution in [0.3, 0.4) is 0 Å². The van der Waals surface area contributed by atoms with Crippen molar-refractivity contribution in [1.82, 2.24) is 4.90 Å². The average Bonchev–Trinajstić information content (AvgIpc) is 2.34. The van der Waals surface area contributed by atoms with Gasteiger partial charge in [-0.05, 0) is 31.4 Å². The summed E-state index contributed by atoms with van der Waals surface area (Å²) < 4.78 is 5.43. The van der Waals surface area contributed by atoms with Gasteiger partial charge in [-0.2, -0.15) is 0 Å². The van der Waals surface area contributed by atoms with Gasteiger partial charge in [-0.1, -0.05) is 20.8 Å². The van der Waals surface area contributed by atoms with E-state index in [1.54, 1.807) is 23.1 Å². The van der Waals surface area contributed by atoms with E-state index in [4.69, 9.17) is 10.5 Å². The highest BCUT2D eigenvalue weighted by atomic mass is 16.5. The van der Waals surface area contributed by atoms with E-state index in [2.05, 4.69) is 20.8 Å². The molecule has 0 aliphatic carbocycles. The van der Waals surface area contributed by atoms with Gasteiger partial charge >= 0.3 is 0 Å².